The summed E-state index contributed by atoms with van der Waals surface area (Å²) in [5.41, 5.74) is -2.28. The summed E-state index contributed by atoms with van der Waals surface area (Å²) in [6.07, 6.45) is 1.32. The van der Waals surface area contributed by atoms with Crippen LogP contribution in [0.3, 0.4) is 0 Å². The van der Waals surface area contributed by atoms with E-state index in [0.29, 0.717) is 18.8 Å². The number of allylic oxidation sites excluding steroid dienone is 1. The molecule has 1 aliphatic heterocycles. The maximum absolute atomic E-state index is 13.5. The average Bonchev–Trinajstić information content (AvgIpc) is 3.38. The van der Waals surface area contributed by atoms with Gasteiger partial charge in [-0.25, -0.2) is 0 Å². The lowest BCUT2D eigenvalue weighted by molar-refractivity contribution is -0.306. The van der Waals surface area contributed by atoms with Gasteiger partial charge >= 0.3 is 5.97 Å². The van der Waals surface area contributed by atoms with Gasteiger partial charge in [-0.05, 0) is 55.8 Å². The van der Waals surface area contributed by atoms with Crippen LogP contribution in [0.5, 0.6) is 0 Å². The molecule has 0 amide bonds. The molecule has 12 atom stereocenters. The van der Waals surface area contributed by atoms with E-state index in [-0.39, 0.29) is 30.3 Å². The van der Waals surface area contributed by atoms with Gasteiger partial charge in [0.05, 0.1) is 18.1 Å². The van der Waals surface area contributed by atoms with Gasteiger partial charge in [0.25, 0.3) is 0 Å². The van der Waals surface area contributed by atoms with Crippen LogP contribution in [0.1, 0.15) is 53.4 Å². The zero-order chi connectivity index (χ0) is 25.5. The molecular formula is C27H40O8. The molecule has 3 saturated carbocycles. The first kappa shape index (κ1) is 25.3. The van der Waals surface area contributed by atoms with E-state index in [4.69, 9.17) is 14.2 Å². The number of carboxylic acid groups (broad SMARTS) is 1. The number of ether oxygens (including phenoxy) is 3. The highest BCUT2D eigenvalue weighted by Gasteiger charge is 2.84. The molecule has 3 N–H and O–H groups in total. The Kier molecular flexibility index (Phi) is 6.04. The Morgan fingerprint density at radius 2 is 1.94 bits per heavy atom. The van der Waals surface area contributed by atoms with Crippen LogP contribution in [-0.2, 0) is 23.8 Å². The molecule has 0 spiro atoms. The fourth-order valence-corrected chi connectivity index (χ4v) is 9.34. The molecule has 0 aromatic rings. The summed E-state index contributed by atoms with van der Waals surface area (Å²) in [5, 5.41) is 32.3. The third-order valence-corrected chi connectivity index (χ3v) is 10.7. The zero-order valence-corrected chi connectivity index (χ0v) is 21.3. The van der Waals surface area contributed by atoms with E-state index in [0.717, 1.165) is 24.7 Å². The largest absolute Gasteiger partial charge is 0.481 e. The zero-order valence-electron chi connectivity index (χ0n) is 21.3. The van der Waals surface area contributed by atoms with Crippen molar-refractivity contribution in [2.45, 2.75) is 84.1 Å². The summed E-state index contributed by atoms with van der Waals surface area (Å²) < 4.78 is 17.4. The van der Waals surface area contributed by atoms with Crippen LogP contribution in [-0.4, -0.2) is 72.0 Å². The van der Waals surface area contributed by atoms with Gasteiger partial charge in [-0.15, -0.1) is 0 Å². The third kappa shape index (κ3) is 2.92. The Hall–Kier alpha value is -1.32. The van der Waals surface area contributed by atoms with Gasteiger partial charge < -0.3 is 34.3 Å². The van der Waals surface area contributed by atoms with Crippen molar-refractivity contribution in [3.05, 3.63) is 11.6 Å². The van der Waals surface area contributed by atoms with Crippen molar-refractivity contribution in [3.8, 4) is 0 Å². The van der Waals surface area contributed by atoms with Crippen LogP contribution in [0.2, 0.25) is 0 Å². The Labute approximate surface area is 207 Å². The molecule has 5 rings (SSSR count). The predicted octanol–water partition coefficient (Wildman–Crippen LogP) is 2.41. The molecule has 1 saturated heterocycles. The number of carbonyl (C=O) groups excluding carboxylic acids is 1. The number of hydrogen-bond acceptors (Lipinski definition) is 7. The maximum atomic E-state index is 13.5. The summed E-state index contributed by atoms with van der Waals surface area (Å²) in [5.74, 6) is -0.358. The van der Waals surface area contributed by atoms with E-state index in [1.165, 1.54) is 7.11 Å². The molecule has 9 unspecified atom stereocenters. The molecule has 1 heterocycles. The number of methoxy groups -OCH3 is 1. The quantitative estimate of drug-likeness (QED) is 0.366. The summed E-state index contributed by atoms with van der Waals surface area (Å²) in [7, 11) is 1.45. The number of carbonyl (C=O) groups is 2. The minimum absolute atomic E-state index is 0.0219. The van der Waals surface area contributed by atoms with Crippen molar-refractivity contribution < 1.29 is 39.1 Å². The number of hydrogen-bond donors (Lipinski definition) is 3. The van der Waals surface area contributed by atoms with E-state index >= 15 is 0 Å². The Morgan fingerprint density at radius 3 is 2.54 bits per heavy atom. The summed E-state index contributed by atoms with van der Waals surface area (Å²) in [6.45, 7) is 8.02. The second kappa shape index (κ2) is 8.35. The molecule has 5 aliphatic rings. The summed E-state index contributed by atoms with van der Waals surface area (Å²) in [4.78, 5) is 26.5. The van der Waals surface area contributed by atoms with Gasteiger partial charge in [0.15, 0.2) is 6.29 Å². The van der Waals surface area contributed by atoms with Crippen molar-refractivity contribution in [2.24, 2.45) is 45.8 Å². The SMILES string of the molecule is COC1C(C)OC(OCC23C[C@@H]4[C@H](C)CC[C@H]4C4(C=O)CC2C=C(C(C)C)C34C(=O)O)C(O)C1O. The highest BCUT2D eigenvalue weighted by atomic mass is 16.7. The first-order valence-electron chi connectivity index (χ1n) is 13.1. The normalized spacial score (nSPS) is 52.5. The van der Waals surface area contributed by atoms with Crippen molar-refractivity contribution in [1.82, 2.24) is 0 Å². The molecule has 4 fully saturated rings. The van der Waals surface area contributed by atoms with E-state index in [2.05, 4.69) is 13.0 Å². The van der Waals surface area contributed by atoms with Crippen LogP contribution in [0.15, 0.2) is 11.6 Å². The standard InChI is InChI=1S/C27H40O8/c1-13(2)19-8-16-9-25(11-28)18-7-6-14(3)17(18)10-26(16,27(19,25)24(31)32)12-34-23-21(30)20(29)22(33-5)15(4)35-23/h8,11,13-18,20-23,29-30H,6-7,9-10,12H2,1-5H3,(H,31,32)/t14-,15?,16?,17-,18-,20?,21?,22?,23?,25?,26?,27?/m1/s1. The lowest BCUT2D eigenvalue weighted by Gasteiger charge is -2.58. The number of aliphatic carboxylic acids is 1. The predicted molar refractivity (Wildman–Crippen MR) is 125 cm³/mol. The van der Waals surface area contributed by atoms with Crippen molar-refractivity contribution in [1.29, 1.82) is 0 Å². The highest BCUT2D eigenvalue weighted by molar-refractivity contribution is 5.90. The van der Waals surface area contributed by atoms with E-state index in [1.54, 1.807) is 6.92 Å². The van der Waals surface area contributed by atoms with Gasteiger partial charge in [-0.3, -0.25) is 4.79 Å². The van der Waals surface area contributed by atoms with Gasteiger partial charge in [0, 0.05) is 12.5 Å². The van der Waals surface area contributed by atoms with Gasteiger partial charge in [0.1, 0.15) is 30.0 Å². The van der Waals surface area contributed by atoms with E-state index < -0.39 is 52.9 Å². The molecule has 0 aromatic heterocycles. The molecule has 4 bridgehead atoms. The van der Waals surface area contributed by atoms with Crippen molar-refractivity contribution in [2.75, 3.05) is 13.7 Å². The highest BCUT2D eigenvalue weighted by Crippen LogP contribution is 2.82. The molecule has 0 radical (unpaired) electrons. The van der Waals surface area contributed by atoms with Crippen molar-refractivity contribution in [3.63, 3.8) is 0 Å². The van der Waals surface area contributed by atoms with E-state index in [1.807, 2.05) is 13.8 Å². The smallest absolute Gasteiger partial charge is 0.315 e. The second-order valence-electron chi connectivity index (χ2n) is 12.2. The average molecular weight is 493 g/mol. The molecular weight excluding hydrogens is 452 g/mol. The van der Waals surface area contributed by atoms with E-state index in [9.17, 15) is 24.9 Å². The fourth-order valence-electron chi connectivity index (χ4n) is 9.34. The van der Waals surface area contributed by atoms with Crippen LogP contribution in [0.4, 0.5) is 0 Å². The lowest BCUT2D eigenvalue weighted by Crippen LogP contribution is -2.64. The number of fused-ring (bicyclic) bond motifs is 2. The molecule has 8 heteroatoms. The van der Waals surface area contributed by atoms with Gasteiger partial charge in [0.2, 0.25) is 0 Å². The molecule has 0 aromatic carbocycles. The first-order chi connectivity index (χ1) is 16.5. The van der Waals surface area contributed by atoms with Gasteiger partial charge in [-0.2, -0.15) is 0 Å². The number of rotatable bonds is 7. The van der Waals surface area contributed by atoms with Crippen LogP contribution in [0.25, 0.3) is 0 Å². The van der Waals surface area contributed by atoms with Crippen LogP contribution < -0.4 is 0 Å². The topological polar surface area (TPSA) is 123 Å². The number of aliphatic hydroxyl groups excluding tert-OH is 2. The maximum Gasteiger partial charge on any atom is 0.315 e. The van der Waals surface area contributed by atoms with Crippen LogP contribution >= 0.6 is 0 Å². The minimum atomic E-state index is -1.34. The minimum Gasteiger partial charge on any atom is -0.481 e. The Balaban J connectivity index is 1.57. The molecule has 4 aliphatic carbocycles. The fraction of sp³-hybridized carbons (Fsp3) is 0.852. The van der Waals surface area contributed by atoms with Gasteiger partial charge in [-0.1, -0.05) is 38.8 Å². The van der Waals surface area contributed by atoms with Crippen molar-refractivity contribution >= 4 is 12.3 Å². The lowest BCUT2D eigenvalue weighted by atomic mass is 9.43. The number of aldehydes is 1. The molecule has 196 valence electrons. The third-order valence-electron chi connectivity index (χ3n) is 10.7. The first-order valence-corrected chi connectivity index (χ1v) is 13.1. The molecule has 35 heavy (non-hydrogen) atoms. The van der Waals surface area contributed by atoms with Crippen LogP contribution in [0, 0.1) is 45.8 Å². The second-order valence-corrected chi connectivity index (χ2v) is 12.2. The monoisotopic (exact) mass is 492 g/mol. The number of aliphatic hydroxyl groups is 2. The Morgan fingerprint density at radius 1 is 1.23 bits per heavy atom. The Bertz CT molecular complexity index is 917. The summed E-state index contributed by atoms with van der Waals surface area (Å²) >= 11 is 0. The molecule has 8 nitrogen and oxygen atoms in total. The number of carboxylic acids is 1. The summed E-state index contributed by atoms with van der Waals surface area (Å²) in [6, 6.07) is 0.